The SMILES string of the molecule is CC(=O)CSc1nc(-c2ccccc2)c2nc(C)sc2n1. The lowest BCUT2D eigenvalue weighted by Crippen LogP contribution is -1.97. The van der Waals surface area contributed by atoms with E-state index in [0.29, 0.717) is 10.9 Å². The van der Waals surface area contributed by atoms with Gasteiger partial charge < -0.3 is 0 Å². The van der Waals surface area contributed by atoms with E-state index in [0.717, 1.165) is 26.6 Å². The standard InChI is InChI=1S/C15H13N3OS2/c1-9(19)8-20-15-17-12(11-6-4-3-5-7-11)13-14(18-15)21-10(2)16-13/h3-7H,8H2,1-2H3. The van der Waals surface area contributed by atoms with Gasteiger partial charge >= 0.3 is 0 Å². The summed E-state index contributed by atoms with van der Waals surface area (Å²) in [5, 5.41) is 1.59. The molecular formula is C15H13N3OS2. The minimum absolute atomic E-state index is 0.116. The average molecular weight is 315 g/mol. The van der Waals surface area contributed by atoms with Crippen LogP contribution in [0.3, 0.4) is 0 Å². The highest BCUT2D eigenvalue weighted by Gasteiger charge is 2.14. The van der Waals surface area contributed by atoms with Crippen LogP contribution in [0, 0.1) is 6.92 Å². The Balaban J connectivity index is 2.13. The molecule has 0 fully saturated rings. The van der Waals surface area contributed by atoms with Crippen LogP contribution in [0.4, 0.5) is 0 Å². The Hall–Kier alpha value is -1.79. The van der Waals surface area contributed by atoms with Crippen molar-refractivity contribution in [3.8, 4) is 11.3 Å². The van der Waals surface area contributed by atoms with Crippen LogP contribution in [0.15, 0.2) is 35.5 Å². The molecule has 0 radical (unpaired) electrons. The van der Waals surface area contributed by atoms with Crippen LogP contribution in [0.1, 0.15) is 11.9 Å². The smallest absolute Gasteiger partial charge is 0.190 e. The number of aryl methyl sites for hydroxylation is 1. The molecule has 3 rings (SSSR count). The van der Waals surface area contributed by atoms with Gasteiger partial charge in [0, 0.05) is 5.56 Å². The van der Waals surface area contributed by atoms with Gasteiger partial charge in [-0.25, -0.2) is 15.0 Å². The summed E-state index contributed by atoms with van der Waals surface area (Å²) in [5.74, 6) is 0.503. The summed E-state index contributed by atoms with van der Waals surface area (Å²) < 4.78 is 0. The highest BCUT2D eigenvalue weighted by molar-refractivity contribution is 7.99. The van der Waals surface area contributed by atoms with Crippen molar-refractivity contribution in [1.29, 1.82) is 0 Å². The van der Waals surface area contributed by atoms with Gasteiger partial charge in [-0.2, -0.15) is 0 Å². The van der Waals surface area contributed by atoms with E-state index in [1.165, 1.54) is 11.8 Å². The third-order valence-corrected chi connectivity index (χ3v) is 4.65. The van der Waals surface area contributed by atoms with E-state index in [9.17, 15) is 4.79 Å². The number of Topliss-reactive ketones (excluding diaryl/α,β-unsaturated/α-hetero) is 1. The predicted molar refractivity (Wildman–Crippen MR) is 86.8 cm³/mol. The summed E-state index contributed by atoms with van der Waals surface area (Å²) in [7, 11) is 0. The number of carbonyl (C=O) groups is 1. The first-order valence-electron chi connectivity index (χ1n) is 6.46. The van der Waals surface area contributed by atoms with Crippen LogP contribution >= 0.6 is 23.1 Å². The summed E-state index contributed by atoms with van der Waals surface area (Å²) in [6.45, 7) is 3.53. The Bertz CT molecular complexity index is 799. The van der Waals surface area contributed by atoms with Crippen LogP contribution < -0.4 is 0 Å². The van der Waals surface area contributed by atoms with Crippen LogP contribution in [-0.4, -0.2) is 26.5 Å². The average Bonchev–Trinajstić information content (AvgIpc) is 2.85. The first-order valence-corrected chi connectivity index (χ1v) is 8.26. The van der Waals surface area contributed by atoms with Gasteiger partial charge in [0.05, 0.1) is 10.8 Å². The molecule has 106 valence electrons. The molecule has 0 bridgehead atoms. The Morgan fingerprint density at radius 1 is 1.19 bits per heavy atom. The maximum Gasteiger partial charge on any atom is 0.190 e. The molecule has 0 saturated heterocycles. The fourth-order valence-corrected chi connectivity index (χ4v) is 3.42. The monoisotopic (exact) mass is 315 g/mol. The molecule has 0 N–H and O–H groups in total. The summed E-state index contributed by atoms with van der Waals surface area (Å²) >= 11 is 2.92. The number of ketones is 1. The fourth-order valence-electron chi connectivity index (χ4n) is 1.93. The minimum Gasteiger partial charge on any atom is -0.299 e. The van der Waals surface area contributed by atoms with Crippen molar-refractivity contribution in [2.24, 2.45) is 0 Å². The number of nitrogens with zero attached hydrogens (tertiary/aromatic N) is 3. The minimum atomic E-state index is 0.116. The molecule has 1 aromatic carbocycles. The van der Waals surface area contributed by atoms with Crippen LogP contribution in [0.25, 0.3) is 21.6 Å². The van der Waals surface area contributed by atoms with Crippen LogP contribution in [-0.2, 0) is 4.79 Å². The van der Waals surface area contributed by atoms with Crippen molar-refractivity contribution in [1.82, 2.24) is 15.0 Å². The number of thioether (sulfide) groups is 1. The normalized spacial score (nSPS) is 11.0. The quantitative estimate of drug-likeness (QED) is 0.542. The van der Waals surface area contributed by atoms with E-state index in [4.69, 9.17) is 0 Å². The van der Waals surface area contributed by atoms with Crippen molar-refractivity contribution in [2.45, 2.75) is 19.0 Å². The second-order valence-electron chi connectivity index (χ2n) is 4.60. The Labute approximate surface area is 130 Å². The summed E-state index contributed by atoms with van der Waals surface area (Å²) in [5.41, 5.74) is 2.67. The molecule has 0 spiro atoms. The van der Waals surface area contributed by atoms with Crippen molar-refractivity contribution in [2.75, 3.05) is 5.75 Å². The Morgan fingerprint density at radius 3 is 2.67 bits per heavy atom. The zero-order valence-corrected chi connectivity index (χ0v) is 13.3. The first-order chi connectivity index (χ1) is 10.1. The molecule has 0 saturated carbocycles. The Kier molecular flexibility index (Phi) is 3.98. The predicted octanol–water partition coefficient (Wildman–Crippen LogP) is 3.74. The number of aromatic nitrogens is 3. The molecule has 0 unspecified atom stereocenters. The van der Waals surface area contributed by atoms with Gasteiger partial charge in [0.1, 0.15) is 21.8 Å². The highest BCUT2D eigenvalue weighted by atomic mass is 32.2. The molecule has 0 aliphatic heterocycles. The topological polar surface area (TPSA) is 55.7 Å². The molecule has 6 heteroatoms. The molecule has 2 aromatic heterocycles. The zero-order valence-electron chi connectivity index (χ0n) is 11.7. The van der Waals surface area contributed by atoms with Crippen molar-refractivity contribution in [3.63, 3.8) is 0 Å². The maximum atomic E-state index is 11.2. The third-order valence-electron chi connectivity index (χ3n) is 2.80. The van der Waals surface area contributed by atoms with E-state index in [-0.39, 0.29) is 5.78 Å². The van der Waals surface area contributed by atoms with E-state index >= 15 is 0 Å². The van der Waals surface area contributed by atoms with Crippen molar-refractivity contribution >= 4 is 39.2 Å². The molecule has 4 nitrogen and oxygen atoms in total. The molecule has 0 aliphatic rings. The largest absolute Gasteiger partial charge is 0.299 e. The molecule has 0 aliphatic carbocycles. The van der Waals surface area contributed by atoms with Crippen LogP contribution in [0.2, 0.25) is 0 Å². The van der Waals surface area contributed by atoms with Crippen molar-refractivity contribution < 1.29 is 4.79 Å². The summed E-state index contributed by atoms with van der Waals surface area (Å²) in [6, 6.07) is 9.95. The van der Waals surface area contributed by atoms with Gasteiger partial charge in [0.2, 0.25) is 0 Å². The number of fused-ring (bicyclic) bond motifs is 1. The number of rotatable bonds is 4. The van der Waals surface area contributed by atoms with Gasteiger partial charge in [0.15, 0.2) is 5.16 Å². The van der Waals surface area contributed by atoms with E-state index in [1.807, 2.05) is 37.3 Å². The molecule has 3 aromatic rings. The molecule has 2 heterocycles. The fraction of sp³-hybridized carbons (Fsp3) is 0.200. The number of carbonyl (C=O) groups excluding carboxylic acids is 1. The first kappa shape index (κ1) is 14.2. The van der Waals surface area contributed by atoms with Crippen molar-refractivity contribution in [3.05, 3.63) is 35.3 Å². The molecule has 0 atom stereocenters. The number of hydrogen-bond acceptors (Lipinski definition) is 6. The molecule has 0 amide bonds. The highest BCUT2D eigenvalue weighted by Crippen LogP contribution is 2.31. The maximum absolute atomic E-state index is 11.2. The Morgan fingerprint density at radius 2 is 1.95 bits per heavy atom. The van der Waals surface area contributed by atoms with E-state index < -0.39 is 0 Å². The second-order valence-corrected chi connectivity index (χ2v) is 6.72. The number of benzene rings is 1. The van der Waals surface area contributed by atoms with Crippen LogP contribution in [0.5, 0.6) is 0 Å². The van der Waals surface area contributed by atoms with Gasteiger partial charge in [0.25, 0.3) is 0 Å². The second kappa shape index (κ2) is 5.91. The molecule has 21 heavy (non-hydrogen) atoms. The van der Waals surface area contributed by atoms with Gasteiger partial charge in [-0.05, 0) is 13.8 Å². The zero-order chi connectivity index (χ0) is 14.8. The van der Waals surface area contributed by atoms with Gasteiger partial charge in [-0.3, -0.25) is 4.79 Å². The van der Waals surface area contributed by atoms with Gasteiger partial charge in [-0.15, -0.1) is 0 Å². The summed E-state index contributed by atoms with van der Waals surface area (Å²) in [4.78, 5) is 25.7. The lowest BCUT2D eigenvalue weighted by Gasteiger charge is -2.04. The van der Waals surface area contributed by atoms with E-state index in [2.05, 4.69) is 15.0 Å². The number of hydrogen-bond donors (Lipinski definition) is 0. The third kappa shape index (κ3) is 3.11. The van der Waals surface area contributed by atoms with Gasteiger partial charge in [-0.1, -0.05) is 53.4 Å². The lowest BCUT2D eigenvalue weighted by molar-refractivity contribution is -0.114. The van der Waals surface area contributed by atoms with E-state index in [1.54, 1.807) is 18.3 Å². The molecular weight excluding hydrogens is 302 g/mol. The summed E-state index contributed by atoms with van der Waals surface area (Å²) in [6.07, 6.45) is 0. The number of thiazole rings is 1. The lowest BCUT2D eigenvalue weighted by atomic mass is 10.1.